The van der Waals surface area contributed by atoms with E-state index in [1.807, 2.05) is 6.92 Å². The maximum Gasteiger partial charge on any atom is 0.354 e. The minimum atomic E-state index is -3.61. The molecule has 4 fully saturated rings. The van der Waals surface area contributed by atoms with Crippen molar-refractivity contribution < 1.29 is 61.5 Å². The van der Waals surface area contributed by atoms with Crippen molar-refractivity contribution in [2.75, 3.05) is 6.61 Å². The van der Waals surface area contributed by atoms with Crippen LogP contribution in [-0.4, -0.2) is 60.8 Å². The van der Waals surface area contributed by atoms with Crippen molar-refractivity contribution in [3.8, 4) is 0 Å². The van der Waals surface area contributed by atoms with Crippen molar-refractivity contribution in [3.63, 3.8) is 0 Å². The van der Waals surface area contributed by atoms with Gasteiger partial charge in [-0.05, 0) is 86.4 Å². The number of esters is 1. The molecular weight excluding hydrogens is 594 g/mol. The van der Waals surface area contributed by atoms with Gasteiger partial charge in [-0.25, -0.2) is 5.26 Å². The van der Waals surface area contributed by atoms with Crippen molar-refractivity contribution in [3.05, 3.63) is 0 Å². The highest BCUT2D eigenvalue weighted by Crippen LogP contribution is 2.69. The molecule has 0 aromatic carbocycles. The molecule has 244 valence electrons. The Balaban J connectivity index is 1.51. The Morgan fingerprint density at radius 1 is 1.02 bits per heavy atom. The zero-order valence-corrected chi connectivity index (χ0v) is 25.5. The van der Waals surface area contributed by atoms with Crippen LogP contribution < -0.4 is 0 Å². The predicted molar refractivity (Wildman–Crippen MR) is 145 cm³/mol. The van der Waals surface area contributed by atoms with Crippen LogP contribution >= 0.6 is 12.0 Å². The summed E-state index contributed by atoms with van der Waals surface area (Å²) in [4.78, 5) is 46.9. The molecule has 0 radical (unpaired) electrons. The van der Waals surface area contributed by atoms with Crippen LogP contribution in [0.15, 0.2) is 0 Å². The van der Waals surface area contributed by atoms with Crippen LogP contribution in [-0.2, 0) is 47.5 Å². The number of rotatable bonds is 15. The van der Waals surface area contributed by atoms with Crippen LogP contribution in [0.3, 0.4) is 0 Å². The molecular formula is C29H42F2O11S. The van der Waals surface area contributed by atoms with E-state index in [1.54, 1.807) is 0 Å². The molecule has 0 spiro atoms. The number of hydrogen-bond acceptors (Lipinski definition) is 12. The summed E-state index contributed by atoms with van der Waals surface area (Å²) < 4.78 is 52.8. The summed E-state index contributed by atoms with van der Waals surface area (Å²) in [6.07, 6.45) is 4.65. The molecule has 43 heavy (non-hydrogen) atoms. The molecule has 0 amide bonds. The predicted octanol–water partition coefficient (Wildman–Crippen LogP) is 5.11. The molecule has 11 atom stereocenters. The van der Waals surface area contributed by atoms with Gasteiger partial charge in [-0.1, -0.05) is 25.8 Å². The van der Waals surface area contributed by atoms with Gasteiger partial charge in [-0.15, -0.1) is 4.33 Å². The summed E-state index contributed by atoms with van der Waals surface area (Å²) in [5.74, 6) is -0.311. The van der Waals surface area contributed by atoms with Gasteiger partial charge in [-0.3, -0.25) is 19.2 Å². The van der Waals surface area contributed by atoms with Crippen LogP contribution in [0.5, 0.6) is 0 Å². The van der Waals surface area contributed by atoms with Gasteiger partial charge in [0.1, 0.15) is 30.4 Å². The Labute approximate surface area is 254 Å². The van der Waals surface area contributed by atoms with Gasteiger partial charge in [0.25, 0.3) is 19.4 Å². The van der Waals surface area contributed by atoms with E-state index in [-0.39, 0.29) is 65.7 Å². The first kappa shape index (κ1) is 33.9. The fourth-order valence-corrected chi connectivity index (χ4v) is 9.86. The minimum absolute atomic E-state index is 0.0221. The van der Waals surface area contributed by atoms with Crippen molar-refractivity contribution in [1.29, 1.82) is 0 Å². The molecule has 1 N–H and O–H groups in total. The highest BCUT2D eigenvalue weighted by Gasteiger charge is 2.67. The third-order valence-electron chi connectivity index (χ3n) is 11.5. The molecule has 0 heterocycles. The Morgan fingerprint density at radius 2 is 1.74 bits per heavy atom. The summed E-state index contributed by atoms with van der Waals surface area (Å²) in [7, 11) is 0. The molecule has 1 unspecified atom stereocenters. The second-order valence-corrected chi connectivity index (χ2v) is 14.1. The standard InChI is InChI=1S/C29H42F2O11S/c1-17(4-7-25(35)37-13-29(30,31)43-42-41-36)20-5-6-21-26-22(12-24(40-16-34)28(20,21)3)27(2)9-8-19(38-14-32)10-18(27)11-23(26)39-15-33/h14-24,26,36H,4-13H2,1-3H3/t17?,18-,19+,20+,21-,22-,23+,24-,26-,27-,28+/m0/s1. The quantitative estimate of drug-likeness (QED) is 0.0637. The van der Waals surface area contributed by atoms with E-state index in [4.69, 9.17) is 24.2 Å². The molecule has 0 saturated heterocycles. The van der Waals surface area contributed by atoms with Crippen molar-refractivity contribution >= 4 is 37.4 Å². The van der Waals surface area contributed by atoms with Crippen LogP contribution in [0.1, 0.15) is 78.6 Å². The van der Waals surface area contributed by atoms with Crippen LogP contribution in [0.25, 0.3) is 0 Å². The molecule has 4 rings (SSSR count). The number of alkyl halides is 2. The first-order chi connectivity index (χ1) is 20.4. The molecule has 0 aromatic rings. The monoisotopic (exact) mass is 636 g/mol. The number of hydrogen-bond donors (Lipinski definition) is 1. The van der Waals surface area contributed by atoms with Gasteiger partial charge in [0.15, 0.2) is 6.61 Å². The minimum Gasteiger partial charge on any atom is -0.465 e. The van der Waals surface area contributed by atoms with Gasteiger partial charge < -0.3 is 18.9 Å². The number of carbonyl (C=O) groups is 4. The van der Waals surface area contributed by atoms with Crippen LogP contribution in [0, 0.1) is 46.3 Å². The highest BCUT2D eigenvalue weighted by atomic mass is 32.2. The fraction of sp³-hybridized carbons (Fsp3) is 0.862. The average molecular weight is 637 g/mol. The second-order valence-electron chi connectivity index (χ2n) is 13.2. The average Bonchev–Trinajstić information content (AvgIpc) is 3.33. The van der Waals surface area contributed by atoms with Crippen molar-refractivity contribution in [2.24, 2.45) is 46.3 Å². The summed E-state index contributed by atoms with van der Waals surface area (Å²) in [5, 5.41) is 7.62. The van der Waals surface area contributed by atoms with Crippen molar-refractivity contribution in [2.45, 2.75) is 102 Å². The number of halogens is 2. The van der Waals surface area contributed by atoms with E-state index in [0.717, 1.165) is 25.7 Å². The summed E-state index contributed by atoms with van der Waals surface area (Å²) in [6, 6.07) is 0. The fourth-order valence-electron chi connectivity index (χ4n) is 9.62. The smallest absolute Gasteiger partial charge is 0.354 e. The Kier molecular flexibility index (Phi) is 11.0. The van der Waals surface area contributed by atoms with E-state index < -0.39 is 35.3 Å². The summed E-state index contributed by atoms with van der Waals surface area (Å²) >= 11 is -0.474. The van der Waals surface area contributed by atoms with E-state index in [9.17, 15) is 28.0 Å². The van der Waals surface area contributed by atoms with Gasteiger partial charge in [0, 0.05) is 17.8 Å². The summed E-state index contributed by atoms with van der Waals surface area (Å²) in [6.45, 7) is 6.70. The van der Waals surface area contributed by atoms with Crippen LogP contribution in [0.4, 0.5) is 8.78 Å². The van der Waals surface area contributed by atoms with Gasteiger partial charge in [0.05, 0.1) is 0 Å². The zero-order chi connectivity index (χ0) is 31.4. The first-order valence-electron chi connectivity index (χ1n) is 14.9. The molecule has 0 aliphatic heterocycles. The molecule has 4 saturated carbocycles. The molecule has 4 aliphatic rings. The highest BCUT2D eigenvalue weighted by molar-refractivity contribution is 7.95. The first-order valence-corrected chi connectivity index (χ1v) is 15.7. The lowest BCUT2D eigenvalue weighted by atomic mass is 9.43. The van der Waals surface area contributed by atoms with E-state index in [1.165, 1.54) is 0 Å². The third-order valence-corrected chi connectivity index (χ3v) is 12.0. The number of carbonyl (C=O) groups excluding carboxylic acids is 4. The molecule has 4 aliphatic carbocycles. The number of ether oxygens (including phenoxy) is 4. The number of fused-ring (bicyclic) bond motifs is 5. The van der Waals surface area contributed by atoms with Gasteiger partial charge in [-0.2, -0.15) is 8.78 Å². The van der Waals surface area contributed by atoms with E-state index in [0.29, 0.717) is 45.1 Å². The SMILES string of the molecule is CC(CCC(=O)OCC(F)(F)SOOO)[C@H]1CC[C@H]2[C@@H]3[C@H](OC=O)C[C@@H]4C[C@H](OC=O)CC[C@]4(C)[C@H]3C[C@H](OC=O)[C@]12C. The molecule has 14 heteroatoms. The van der Waals surface area contributed by atoms with Crippen LogP contribution in [0.2, 0.25) is 0 Å². The zero-order valence-electron chi connectivity index (χ0n) is 24.7. The normalized spacial score (nSPS) is 39.3. The second kappa shape index (κ2) is 13.9. The van der Waals surface area contributed by atoms with Gasteiger partial charge >= 0.3 is 11.2 Å². The van der Waals surface area contributed by atoms with Gasteiger partial charge in [0.2, 0.25) is 0 Å². The largest absolute Gasteiger partial charge is 0.465 e. The lowest BCUT2D eigenvalue weighted by molar-refractivity contribution is -0.433. The Hall–Kier alpha value is -2.03. The van der Waals surface area contributed by atoms with E-state index >= 15 is 0 Å². The third kappa shape index (κ3) is 6.81. The molecule has 0 bridgehead atoms. The Morgan fingerprint density at radius 3 is 2.42 bits per heavy atom. The van der Waals surface area contributed by atoms with E-state index in [2.05, 4.69) is 23.2 Å². The molecule has 0 aromatic heterocycles. The maximum atomic E-state index is 13.6. The summed E-state index contributed by atoms with van der Waals surface area (Å²) in [5.41, 5.74) is -0.563. The van der Waals surface area contributed by atoms with Crippen molar-refractivity contribution in [1.82, 2.24) is 0 Å². The maximum absolute atomic E-state index is 13.6. The molecule has 11 nitrogen and oxygen atoms in total. The Bertz CT molecular complexity index is 1000. The topological polar surface area (TPSA) is 144 Å². The lowest BCUT2D eigenvalue weighted by Gasteiger charge is -2.64. The lowest BCUT2D eigenvalue weighted by Crippen LogP contribution is -2.63.